The Morgan fingerprint density at radius 1 is 0.444 bits per heavy atom. The maximum absolute atomic E-state index is 2.85. The fraction of sp³-hybridized carbons (Fsp3) is 0.382. The monoisotopic (exact) mass is 944 g/mol. The minimum absolute atomic E-state index is 0.0144. The summed E-state index contributed by atoms with van der Waals surface area (Å²) in [5.41, 5.74) is 27.8. The third-order valence-corrected chi connectivity index (χ3v) is 18.8. The average molecular weight is 944 g/mol. The molecule has 7 aromatic carbocycles. The summed E-state index contributed by atoms with van der Waals surface area (Å²) in [4.78, 5) is 8.28. The van der Waals surface area contributed by atoms with Crippen molar-refractivity contribution in [3.63, 3.8) is 0 Å². The molecule has 2 unspecified atom stereocenters. The normalized spacial score (nSPS) is 21.9. The zero-order chi connectivity index (χ0) is 50.1. The molecule has 0 N–H and O–H groups in total. The second kappa shape index (κ2) is 15.3. The summed E-state index contributed by atoms with van der Waals surface area (Å²) >= 11 is 0. The van der Waals surface area contributed by atoms with Crippen molar-refractivity contribution in [1.29, 1.82) is 0 Å². The summed E-state index contributed by atoms with van der Waals surface area (Å²) in [7, 11) is 0. The molecule has 7 aromatic rings. The predicted octanol–water partition coefficient (Wildman–Crippen LogP) is 16.0. The van der Waals surface area contributed by atoms with Gasteiger partial charge in [0.15, 0.2) is 0 Å². The quantitative estimate of drug-likeness (QED) is 0.163. The Morgan fingerprint density at radius 2 is 1.04 bits per heavy atom. The molecular formula is C68H74BN3. The van der Waals surface area contributed by atoms with Crippen molar-refractivity contribution in [3.05, 3.63) is 172 Å². The van der Waals surface area contributed by atoms with E-state index in [-0.39, 0.29) is 39.3 Å². The van der Waals surface area contributed by atoms with Crippen molar-refractivity contribution in [1.82, 2.24) is 0 Å². The van der Waals surface area contributed by atoms with Gasteiger partial charge in [-0.2, -0.15) is 0 Å². The number of hydrogen-bond acceptors (Lipinski definition) is 3. The minimum atomic E-state index is -0.131. The Kier molecular flexibility index (Phi) is 9.73. The molecule has 1 saturated carbocycles. The van der Waals surface area contributed by atoms with Crippen LogP contribution in [0.5, 0.6) is 0 Å². The first kappa shape index (κ1) is 45.8. The summed E-state index contributed by atoms with van der Waals surface area (Å²) in [5, 5.41) is 0. The number of fused-ring (bicyclic) bond motifs is 9. The number of para-hydroxylation sites is 1. The lowest BCUT2D eigenvalue weighted by Gasteiger charge is -2.51. The van der Waals surface area contributed by atoms with Crippen LogP contribution in [-0.2, 0) is 41.9 Å². The number of nitrogens with zero attached hydrogens (tertiary/aromatic N) is 3. The van der Waals surface area contributed by atoms with Crippen molar-refractivity contribution < 1.29 is 0 Å². The molecule has 3 aliphatic heterocycles. The van der Waals surface area contributed by atoms with Gasteiger partial charge in [0.1, 0.15) is 0 Å². The molecular weight excluding hydrogens is 870 g/mol. The summed E-state index contributed by atoms with van der Waals surface area (Å²) in [6, 6.07) is 53.6. The molecule has 0 amide bonds. The SMILES string of the molecule is CC1(C)Cc2ccc(N3c4cc5c(cc4B4c6ccccc6N(c6ccc(C(C)(C)C)cc6-c6ccccc6)c6cc(N7c8ccc(C(C)(C)C)cc8C8(C)CCCCC78C)cc3c64)CC(C)(C)C5)cc2C1. The highest BCUT2D eigenvalue weighted by Gasteiger charge is 2.58. The molecule has 4 heteroatoms. The van der Waals surface area contributed by atoms with Crippen LogP contribution in [0.2, 0.25) is 0 Å². The van der Waals surface area contributed by atoms with E-state index >= 15 is 0 Å². The summed E-state index contributed by atoms with van der Waals surface area (Å²) < 4.78 is 0. The van der Waals surface area contributed by atoms with Gasteiger partial charge in [-0.05, 0) is 183 Å². The van der Waals surface area contributed by atoms with E-state index in [9.17, 15) is 0 Å². The second-order valence-electron chi connectivity index (χ2n) is 27.2. The van der Waals surface area contributed by atoms with Crippen molar-refractivity contribution in [2.24, 2.45) is 10.8 Å². The van der Waals surface area contributed by atoms with Gasteiger partial charge in [0, 0.05) is 50.8 Å². The van der Waals surface area contributed by atoms with Crippen LogP contribution in [0.25, 0.3) is 11.1 Å². The van der Waals surface area contributed by atoms with E-state index in [0.717, 1.165) is 32.1 Å². The first-order valence-corrected chi connectivity index (χ1v) is 27.4. The average Bonchev–Trinajstić information content (AvgIpc) is 3.89. The molecule has 6 aliphatic rings. The van der Waals surface area contributed by atoms with Gasteiger partial charge in [-0.25, -0.2) is 0 Å². The Balaban J connectivity index is 1.15. The van der Waals surface area contributed by atoms with E-state index in [4.69, 9.17) is 0 Å². The molecule has 0 spiro atoms. The fourth-order valence-corrected chi connectivity index (χ4v) is 15.0. The highest BCUT2D eigenvalue weighted by molar-refractivity contribution is 7.00. The predicted molar refractivity (Wildman–Crippen MR) is 308 cm³/mol. The van der Waals surface area contributed by atoms with Crippen LogP contribution in [0, 0.1) is 10.8 Å². The van der Waals surface area contributed by atoms with Crippen LogP contribution in [0.3, 0.4) is 0 Å². The molecule has 13 rings (SSSR count). The van der Waals surface area contributed by atoms with E-state index in [2.05, 4.69) is 231 Å². The van der Waals surface area contributed by atoms with E-state index in [1.54, 1.807) is 0 Å². The number of benzene rings is 7. The van der Waals surface area contributed by atoms with E-state index < -0.39 is 0 Å². The number of hydrogen-bond donors (Lipinski definition) is 0. The summed E-state index contributed by atoms with van der Waals surface area (Å²) in [6.45, 7) is 29.3. The van der Waals surface area contributed by atoms with Crippen molar-refractivity contribution in [2.75, 3.05) is 14.7 Å². The van der Waals surface area contributed by atoms with Crippen molar-refractivity contribution in [3.8, 4) is 11.1 Å². The Labute approximate surface area is 431 Å². The van der Waals surface area contributed by atoms with Crippen LogP contribution < -0.4 is 31.1 Å². The van der Waals surface area contributed by atoms with Crippen LogP contribution in [0.1, 0.15) is 148 Å². The molecule has 1 fully saturated rings. The van der Waals surface area contributed by atoms with E-state index in [1.807, 2.05) is 0 Å². The van der Waals surface area contributed by atoms with E-state index in [1.165, 1.54) is 131 Å². The van der Waals surface area contributed by atoms with Crippen LogP contribution >= 0.6 is 0 Å². The van der Waals surface area contributed by atoms with E-state index in [0.29, 0.717) is 0 Å². The topological polar surface area (TPSA) is 9.72 Å². The molecule has 3 heterocycles. The zero-order valence-corrected chi connectivity index (χ0v) is 45.3. The molecule has 0 radical (unpaired) electrons. The zero-order valence-electron chi connectivity index (χ0n) is 45.3. The molecule has 364 valence electrons. The fourth-order valence-electron chi connectivity index (χ4n) is 15.0. The molecule has 0 aromatic heterocycles. The highest BCUT2D eigenvalue weighted by atomic mass is 15.3. The molecule has 0 saturated heterocycles. The molecule has 3 nitrogen and oxygen atoms in total. The lowest BCUT2D eigenvalue weighted by Crippen LogP contribution is -2.61. The van der Waals surface area contributed by atoms with Gasteiger partial charge in [0.25, 0.3) is 6.71 Å². The molecule has 2 atom stereocenters. The maximum Gasteiger partial charge on any atom is 0.252 e. The van der Waals surface area contributed by atoms with Gasteiger partial charge in [0.05, 0.1) is 11.2 Å². The largest absolute Gasteiger partial charge is 0.334 e. The Hall–Kier alpha value is -6.00. The lowest BCUT2D eigenvalue weighted by atomic mass is 9.33. The third-order valence-electron chi connectivity index (χ3n) is 18.8. The second-order valence-corrected chi connectivity index (χ2v) is 27.2. The summed E-state index contributed by atoms with van der Waals surface area (Å²) in [6.07, 6.45) is 9.25. The smallest absolute Gasteiger partial charge is 0.252 e. The maximum atomic E-state index is 2.85. The Morgan fingerprint density at radius 3 is 1.75 bits per heavy atom. The van der Waals surface area contributed by atoms with Gasteiger partial charge in [0.2, 0.25) is 0 Å². The van der Waals surface area contributed by atoms with Gasteiger partial charge in [-0.1, -0.05) is 168 Å². The van der Waals surface area contributed by atoms with Crippen LogP contribution in [0.4, 0.5) is 45.5 Å². The third kappa shape index (κ3) is 6.75. The number of anilines is 8. The molecule has 3 aliphatic carbocycles. The van der Waals surface area contributed by atoms with Gasteiger partial charge in [-0.3, -0.25) is 0 Å². The Bertz CT molecular complexity index is 3400. The van der Waals surface area contributed by atoms with Gasteiger partial charge < -0.3 is 14.7 Å². The van der Waals surface area contributed by atoms with Crippen LogP contribution in [-0.4, -0.2) is 12.3 Å². The molecule has 72 heavy (non-hydrogen) atoms. The lowest BCUT2D eigenvalue weighted by molar-refractivity contribution is 0.195. The highest BCUT2D eigenvalue weighted by Crippen LogP contribution is 2.62. The van der Waals surface area contributed by atoms with Crippen molar-refractivity contribution in [2.45, 2.75) is 156 Å². The van der Waals surface area contributed by atoms with Gasteiger partial charge >= 0.3 is 0 Å². The number of rotatable bonds is 4. The minimum Gasteiger partial charge on any atom is -0.334 e. The molecule has 0 bridgehead atoms. The van der Waals surface area contributed by atoms with Crippen LogP contribution in [0.15, 0.2) is 133 Å². The van der Waals surface area contributed by atoms with Crippen molar-refractivity contribution >= 4 is 68.6 Å². The first-order chi connectivity index (χ1) is 34.1. The van der Waals surface area contributed by atoms with Gasteiger partial charge in [-0.15, -0.1) is 0 Å². The summed E-state index contributed by atoms with van der Waals surface area (Å²) in [5.74, 6) is 0. The standard InChI is InChI=1S/C68H74BN3/c1-63(2,3)48-25-28-56(52(35-48)43-20-14-13-15-21-43)71-58-23-17-16-22-54(58)69-55-33-46-41-66(9,10)42-47(46)34-59(55)70(50-27-24-44-39-65(7,8)40-45(44)32-50)60-37-51(38-61(71)62(60)69)72-57-29-26-49(64(4,5)6)36-53(57)67(11)30-18-19-31-68(67,72)12/h13-17,20-29,32-38H,18-19,30-31,39-42H2,1-12H3. The first-order valence-electron chi connectivity index (χ1n) is 27.4.